The molecule has 0 saturated carbocycles. The summed E-state index contributed by atoms with van der Waals surface area (Å²) in [7, 11) is 0. The lowest BCUT2D eigenvalue weighted by Crippen LogP contribution is -2.17. The maximum Gasteiger partial charge on any atom is 0.251 e. The van der Waals surface area contributed by atoms with E-state index in [0.717, 1.165) is 12.1 Å². The molecule has 2 heterocycles. The summed E-state index contributed by atoms with van der Waals surface area (Å²) < 4.78 is 28.3. The normalized spacial score (nSPS) is 11.0. The third kappa shape index (κ3) is 2.42. The SMILES string of the molecule is NC(=O)c1ccc(F)c(C(=O)c2c[nH]c3ncc(CO)cc23)c1F. The lowest BCUT2D eigenvalue weighted by Gasteiger charge is -2.07. The Morgan fingerprint density at radius 1 is 1.25 bits per heavy atom. The van der Waals surface area contributed by atoms with Gasteiger partial charge in [0.15, 0.2) is 0 Å². The van der Waals surface area contributed by atoms with Crippen LogP contribution in [0.1, 0.15) is 31.8 Å². The molecule has 3 rings (SSSR count). The van der Waals surface area contributed by atoms with Crippen LogP contribution in [0.15, 0.2) is 30.6 Å². The smallest absolute Gasteiger partial charge is 0.251 e. The molecule has 8 heteroatoms. The molecule has 0 atom stereocenters. The molecule has 0 saturated heterocycles. The average Bonchev–Trinajstić information content (AvgIpc) is 2.97. The van der Waals surface area contributed by atoms with Gasteiger partial charge in [0.1, 0.15) is 17.3 Å². The summed E-state index contributed by atoms with van der Waals surface area (Å²) in [6.07, 6.45) is 2.67. The Hall–Kier alpha value is -3.13. The number of aromatic nitrogens is 2. The van der Waals surface area contributed by atoms with Crippen LogP contribution in [0.5, 0.6) is 0 Å². The van der Waals surface area contributed by atoms with E-state index < -0.39 is 34.5 Å². The van der Waals surface area contributed by atoms with Crippen molar-refractivity contribution in [2.45, 2.75) is 6.61 Å². The Balaban J connectivity index is 2.20. The van der Waals surface area contributed by atoms with Crippen molar-refractivity contribution < 1.29 is 23.5 Å². The van der Waals surface area contributed by atoms with E-state index >= 15 is 0 Å². The summed E-state index contributed by atoms with van der Waals surface area (Å²) >= 11 is 0. The first-order chi connectivity index (χ1) is 11.4. The van der Waals surface area contributed by atoms with E-state index in [2.05, 4.69) is 9.97 Å². The number of aromatic amines is 1. The summed E-state index contributed by atoms with van der Waals surface area (Å²) in [5.74, 6) is -4.49. The van der Waals surface area contributed by atoms with Crippen LogP contribution >= 0.6 is 0 Å². The number of amides is 1. The number of hydrogen-bond donors (Lipinski definition) is 3. The first-order valence-corrected chi connectivity index (χ1v) is 6.83. The van der Waals surface area contributed by atoms with Gasteiger partial charge in [-0.1, -0.05) is 0 Å². The van der Waals surface area contributed by atoms with Crippen LogP contribution in [0.25, 0.3) is 11.0 Å². The Labute approximate surface area is 133 Å². The number of rotatable bonds is 4. The van der Waals surface area contributed by atoms with Gasteiger partial charge in [-0.25, -0.2) is 13.8 Å². The lowest BCUT2D eigenvalue weighted by molar-refractivity contribution is 0.0996. The zero-order chi connectivity index (χ0) is 17.4. The fraction of sp³-hybridized carbons (Fsp3) is 0.0625. The van der Waals surface area contributed by atoms with Crippen LogP contribution in [0.3, 0.4) is 0 Å². The number of nitrogens with zero attached hydrogens (tertiary/aromatic N) is 1. The average molecular weight is 331 g/mol. The number of fused-ring (bicyclic) bond motifs is 1. The number of primary amides is 1. The minimum Gasteiger partial charge on any atom is -0.392 e. The third-order valence-corrected chi connectivity index (χ3v) is 3.60. The summed E-state index contributed by atoms with van der Waals surface area (Å²) in [6.45, 7) is -0.304. The van der Waals surface area contributed by atoms with Crippen LogP contribution in [0.2, 0.25) is 0 Å². The highest BCUT2D eigenvalue weighted by Gasteiger charge is 2.25. The fourth-order valence-electron chi connectivity index (χ4n) is 2.41. The van der Waals surface area contributed by atoms with Gasteiger partial charge in [-0.05, 0) is 23.8 Å². The minimum atomic E-state index is -1.31. The second-order valence-corrected chi connectivity index (χ2v) is 5.08. The molecule has 122 valence electrons. The predicted octanol–water partition coefficient (Wildman–Crippen LogP) is 1.66. The van der Waals surface area contributed by atoms with Crippen molar-refractivity contribution in [1.29, 1.82) is 0 Å². The Morgan fingerprint density at radius 2 is 2.00 bits per heavy atom. The van der Waals surface area contributed by atoms with Crippen LogP contribution in [-0.2, 0) is 6.61 Å². The number of benzene rings is 1. The van der Waals surface area contributed by atoms with Gasteiger partial charge < -0.3 is 15.8 Å². The molecule has 0 spiro atoms. The molecule has 3 aromatic rings. The molecule has 2 aromatic heterocycles. The number of aliphatic hydroxyl groups is 1. The lowest BCUT2D eigenvalue weighted by atomic mass is 9.99. The molecule has 0 radical (unpaired) electrons. The molecule has 0 fully saturated rings. The quantitative estimate of drug-likeness (QED) is 0.632. The zero-order valence-corrected chi connectivity index (χ0v) is 12.1. The first-order valence-electron chi connectivity index (χ1n) is 6.83. The van der Waals surface area contributed by atoms with Crippen molar-refractivity contribution in [2.24, 2.45) is 5.73 Å². The number of nitrogens with two attached hydrogens (primary N) is 1. The second kappa shape index (κ2) is 5.82. The van der Waals surface area contributed by atoms with Crippen molar-refractivity contribution in [3.8, 4) is 0 Å². The van der Waals surface area contributed by atoms with Crippen LogP contribution < -0.4 is 5.73 Å². The predicted molar refractivity (Wildman–Crippen MR) is 80.3 cm³/mol. The van der Waals surface area contributed by atoms with Gasteiger partial charge in [0, 0.05) is 23.3 Å². The largest absolute Gasteiger partial charge is 0.392 e. The Bertz CT molecular complexity index is 982. The van der Waals surface area contributed by atoms with E-state index in [1.807, 2.05) is 0 Å². The van der Waals surface area contributed by atoms with Gasteiger partial charge in [0.25, 0.3) is 5.91 Å². The highest BCUT2D eigenvalue weighted by Crippen LogP contribution is 2.25. The summed E-state index contributed by atoms with van der Waals surface area (Å²) in [4.78, 5) is 30.5. The van der Waals surface area contributed by atoms with Crippen molar-refractivity contribution >= 4 is 22.7 Å². The molecular weight excluding hydrogens is 320 g/mol. The van der Waals surface area contributed by atoms with Crippen molar-refractivity contribution in [2.75, 3.05) is 0 Å². The van der Waals surface area contributed by atoms with Gasteiger partial charge in [-0.3, -0.25) is 9.59 Å². The molecule has 0 aliphatic heterocycles. The number of H-pyrrole nitrogens is 1. The molecule has 1 amide bonds. The minimum absolute atomic E-state index is 0.0350. The van der Waals surface area contributed by atoms with Crippen LogP contribution in [0, 0.1) is 11.6 Å². The molecule has 0 aliphatic rings. The van der Waals surface area contributed by atoms with Gasteiger partial charge >= 0.3 is 0 Å². The van der Waals surface area contributed by atoms with E-state index in [1.165, 1.54) is 18.5 Å². The molecule has 4 N–H and O–H groups in total. The van der Waals surface area contributed by atoms with Crippen LogP contribution in [0.4, 0.5) is 8.78 Å². The van der Waals surface area contributed by atoms with Gasteiger partial charge in [0.2, 0.25) is 5.78 Å². The van der Waals surface area contributed by atoms with E-state index in [4.69, 9.17) is 10.8 Å². The second-order valence-electron chi connectivity index (χ2n) is 5.08. The number of pyridine rings is 1. The third-order valence-electron chi connectivity index (χ3n) is 3.60. The van der Waals surface area contributed by atoms with E-state index in [-0.39, 0.29) is 12.2 Å². The molecule has 0 unspecified atom stereocenters. The maximum absolute atomic E-state index is 14.3. The Kier molecular flexibility index (Phi) is 3.82. The number of aliphatic hydroxyl groups excluding tert-OH is 1. The number of halogens is 2. The van der Waals surface area contributed by atoms with Crippen molar-refractivity contribution in [3.05, 3.63) is 64.5 Å². The maximum atomic E-state index is 14.3. The number of ketones is 1. The molecule has 6 nitrogen and oxygen atoms in total. The van der Waals surface area contributed by atoms with Crippen molar-refractivity contribution in [1.82, 2.24) is 9.97 Å². The highest BCUT2D eigenvalue weighted by atomic mass is 19.1. The zero-order valence-electron chi connectivity index (χ0n) is 12.1. The molecule has 0 aliphatic carbocycles. The molecule has 0 bridgehead atoms. The van der Waals surface area contributed by atoms with E-state index in [9.17, 15) is 18.4 Å². The van der Waals surface area contributed by atoms with E-state index in [0.29, 0.717) is 16.6 Å². The van der Waals surface area contributed by atoms with Gasteiger partial charge in [-0.15, -0.1) is 0 Å². The first kappa shape index (κ1) is 15.8. The van der Waals surface area contributed by atoms with Gasteiger partial charge in [0.05, 0.1) is 17.7 Å². The monoisotopic (exact) mass is 331 g/mol. The summed E-state index contributed by atoms with van der Waals surface area (Å²) in [5, 5.41) is 9.46. The Morgan fingerprint density at radius 3 is 2.67 bits per heavy atom. The number of nitrogens with one attached hydrogen (secondary N) is 1. The van der Waals surface area contributed by atoms with Crippen LogP contribution in [-0.4, -0.2) is 26.8 Å². The number of hydrogen-bond acceptors (Lipinski definition) is 4. The van der Waals surface area contributed by atoms with E-state index in [1.54, 1.807) is 0 Å². The number of carbonyl (C=O) groups is 2. The topological polar surface area (TPSA) is 109 Å². The summed E-state index contributed by atoms with van der Waals surface area (Å²) in [6, 6.07) is 3.17. The molecular formula is C16H11F2N3O3. The molecule has 24 heavy (non-hydrogen) atoms. The molecule has 1 aromatic carbocycles. The summed E-state index contributed by atoms with van der Waals surface area (Å²) in [5.41, 5.74) is 4.30. The fourth-order valence-corrected chi connectivity index (χ4v) is 2.41. The standard InChI is InChI=1S/C16H11F2N3O3/c17-11-2-1-8(15(19)24)13(18)12(11)14(23)10-5-21-16-9(10)3-7(6-22)4-20-16/h1-5,22H,6H2,(H2,19,24)(H,20,21). The van der Waals surface area contributed by atoms with Gasteiger partial charge in [-0.2, -0.15) is 0 Å². The number of carbonyl (C=O) groups excluding carboxylic acids is 2. The van der Waals surface area contributed by atoms with Crippen molar-refractivity contribution in [3.63, 3.8) is 0 Å². The highest BCUT2D eigenvalue weighted by molar-refractivity contribution is 6.16.